The number of carbonyl (C=O) groups excluding carboxylic acids is 1. The van der Waals surface area contributed by atoms with Crippen molar-refractivity contribution < 1.29 is 4.79 Å². The van der Waals surface area contributed by atoms with Gasteiger partial charge in [0.15, 0.2) is 0 Å². The van der Waals surface area contributed by atoms with Crippen LogP contribution in [0, 0.1) is 0 Å². The Bertz CT molecular complexity index is 852. The Balaban J connectivity index is 1.66. The van der Waals surface area contributed by atoms with Gasteiger partial charge in [-0.2, -0.15) is 0 Å². The Morgan fingerprint density at radius 3 is 2.88 bits per heavy atom. The number of H-pyrrole nitrogens is 1. The maximum Gasteiger partial charge on any atom is 0.264 e. The molecule has 0 saturated heterocycles. The minimum absolute atomic E-state index is 0.112. The summed E-state index contributed by atoms with van der Waals surface area (Å²) in [6, 6.07) is 14.3. The van der Waals surface area contributed by atoms with Crippen molar-refractivity contribution in [1.29, 1.82) is 0 Å². The molecular weight excluding hydrogens is 318 g/mol. The lowest BCUT2D eigenvalue weighted by Crippen LogP contribution is -2.38. The van der Waals surface area contributed by atoms with E-state index in [4.69, 9.17) is 0 Å². The van der Waals surface area contributed by atoms with Crippen LogP contribution in [0.5, 0.6) is 0 Å². The van der Waals surface area contributed by atoms with Gasteiger partial charge in [-0.05, 0) is 24.1 Å². The van der Waals surface area contributed by atoms with Crippen LogP contribution in [0.15, 0.2) is 48.8 Å². The first-order valence-corrected chi connectivity index (χ1v) is 9.03. The van der Waals surface area contributed by atoms with Crippen LogP contribution in [0.4, 0.5) is 0 Å². The van der Waals surface area contributed by atoms with Crippen LogP contribution in [-0.2, 0) is 13.0 Å². The van der Waals surface area contributed by atoms with Gasteiger partial charge in [0.25, 0.3) is 5.91 Å². The molecule has 0 radical (unpaired) electrons. The van der Waals surface area contributed by atoms with Gasteiger partial charge >= 0.3 is 0 Å². The Labute approximate surface area is 145 Å². The van der Waals surface area contributed by atoms with Crippen LogP contribution in [0.3, 0.4) is 0 Å². The van der Waals surface area contributed by atoms with Gasteiger partial charge in [0.1, 0.15) is 0 Å². The van der Waals surface area contributed by atoms with E-state index in [9.17, 15) is 4.79 Å². The molecular formula is C19H19N3OS. The van der Waals surface area contributed by atoms with E-state index >= 15 is 0 Å². The van der Waals surface area contributed by atoms with E-state index < -0.39 is 0 Å². The average Bonchev–Trinajstić information content (AvgIpc) is 3.30. The third kappa shape index (κ3) is 2.65. The summed E-state index contributed by atoms with van der Waals surface area (Å²) in [5.74, 6) is 0.233. The molecule has 0 saturated carbocycles. The summed E-state index contributed by atoms with van der Waals surface area (Å²) < 4.78 is 0. The quantitative estimate of drug-likeness (QED) is 0.790. The summed E-state index contributed by atoms with van der Waals surface area (Å²) in [4.78, 5) is 24.7. The first-order valence-electron chi connectivity index (χ1n) is 8.21. The molecule has 1 aliphatic heterocycles. The molecule has 4 nitrogen and oxygen atoms in total. The molecule has 122 valence electrons. The zero-order valence-electron chi connectivity index (χ0n) is 13.5. The highest BCUT2D eigenvalue weighted by molar-refractivity contribution is 7.14. The van der Waals surface area contributed by atoms with Gasteiger partial charge in [-0.1, -0.05) is 37.3 Å². The highest BCUT2D eigenvalue weighted by Crippen LogP contribution is 2.32. The SMILES string of the molecule is CCc1ccc(C(=O)N2Cc3[nH]cnc3C(c3ccccc3)C2)s1. The molecule has 3 heterocycles. The number of carbonyl (C=O) groups is 1. The van der Waals surface area contributed by atoms with Gasteiger partial charge in [0.05, 0.1) is 29.1 Å². The number of hydrogen-bond acceptors (Lipinski definition) is 3. The van der Waals surface area contributed by atoms with Crippen molar-refractivity contribution >= 4 is 17.2 Å². The summed E-state index contributed by atoms with van der Waals surface area (Å²) in [7, 11) is 0. The van der Waals surface area contributed by atoms with Gasteiger partial charge in [0.2, 0.25) is 0 Å². The van der Waals surface area contributed by atoms with E-state index in [-0.39, 0.29) is 11.8 Å². The number of thiophene rings is 1. The van der Waals surface area contributed by atoms with Gasteiger partial charge in [-0.25, -0.2) is 4.98 Å². The smallest absolute Gasteiger partial charge is 0.264 e. The minimum Gasteiger partial charge on any atom is -0.347 e. The maximum atomic E-state index is 12.9. The molecule has 0 spiro atoms. The van der Waals surface area contributed by atoms with Crippen molar-refractivity contribution in [2.24, 2.45) is 0 Å². The number of aryl methyl sites for hydroxylation is 1. The molecule has 2 aromatic heterocycles. The fraction of sp³-hybridized carbons (Fsp3) is 0.263. The third-order valence-corrected chi connectivity index (χ3v) is 5.76. The summed E-state index contributed by atoms with van der Waals surface area (Å²) in [6.07, 6.45) is 2.70. The number of fused-ring (bicyclic) bond motifs is 1. The van der Waals surface area contributed by atoms with Crippen LogP contribution in [0.2, 0.25) is 0 Å². The van der Waals surface area contributed by atoms with E-state index in [1.807, 2.05) is 29.2 Å². The number of aromatic nitrogens is 2. The number of nitrogens with one attached hydrogen (secondary N) is 1. The number of aromatic amines is 1. The average molecular weight is 337 g/mol. The predicted molar refractivity (Wildman–Crippen MR) is 95.3 cm³/mol. The Hall–Kier alpha value is -2.40. The van der Waals surface area contributed by atoms with Gasteiger partial charge in [0, 0.05) is 17.3 Å². The predicted octanol–water partition coefficient (Wildman–Crippen LogP) is 3.82. The molecule has 0 fully saturated rings. The Morgan fingerprint density at radius 2 is 2.12 bits per heavy atom. The summed E-state index contributed by atoms with van der Waals surface area (Å²) in [5.41, 5.74) is 3.30. The fourth-order valence-corrected chi connectivity index (χ4v) is 4.18. The highest BCUT2D eigenvalue weighted by atomic mass is 32.1. The van der Waals surface area contributed by atoms with Crippen LogP contribution in [0.25, 0.3) is 0 Å². The van der Waals surface area contributed by atoms with E-state index in [2.05, 4.69) is 35.1 Å². The number of benzene rings is 1. The maximum absolute atomic E-state index is 12.9. The van der Waals surface area contributed by atoms with Crippen molar-refractivity contribution in [3.8, 4) is 0 Å². The summed E-state index contributed by atoms with van der Waals surface area (Å²) in [5, 5.41) is 0. The molecule has 1 aromatic carbocycles. The molecule has 1 atom stereocenters. The number of amides is 1. The monoisotopic (exact) mass is 337 g/mol. The molecule has 1 N–H and O–H groups in total. The second kappa shape index (κ2) is 6.24. The van der Waals surface area contributed by atoms with Gasteiger partial charge in [-0.3, -0.25) is 4.79 Å². The van der Waals surface area contributed by atoms with Crippen molar-refractivity contribution in [2.45, 2.75) is 25.8 Å². The molecule has 0 bridgehead atoms. The van der Waals surface area contributed by atoms with E-state index in [0.29, 0.717) is 13.1 Å². The lowest BCUT2D eigenvalue weighted by atomic mass is 9.91. The van der Waals surface area contributed by atoms with Crippen molar-refractivity contribution in [2.75, 3.05) is 6.54 Å². The van der Waals surface area contributed by atoms with Crippen LogP contribution < -0.4 is 0 Å². The summed E-state index contributed by atoms with van der Waals surface area (Å²) >= 11 is 1.60. The van der Waals surface area contributed by atoms with Crippen molar-refractivity contribution in [3.63, 3.8) is 0 Å². The molecule has 4 rings (SSSR count). The van der Waals surface area contributed by atoms with E-state index in [1.165, 1.54) is 10.4 Å². The molecule has 1 unspecified atom stereocenters. The second-order valence-electron chi connectivity index (χ2n) is 6.03. The fourth-order valence-electron chi connectivity index (χ4n) is 3.26. The molecule has 1 aliphatic rings. The van der Waals surface area contributed by atoms with E-state index in [0.717, 1.165) is 22.7 Å². The zero-order valence-corrected chi connectivity index (χ0v) is 14.3. The minimum atomic E-state index is 0.112. The summed E-state index contributed by atoms with van der Waals surface area (Å²) in [6.45, 7) is 3.38. The third-order valence-electron chi connectivity index (χ3n) is 4.54. The number of hydrogen-bond donors (Lipinski definition) is 1. The number of imidazole rings is 1. The molecule has 5 heteroatoms. The van der Waals surface area contributed by atoms with Crippen LogP contribution in [-0.4, -0.2) is 27.3 Å². The van der Waals surface area contributed by atoms with Gasteiger partial charge < -0.3 is 9.88 Å². The normalized spacial score (nSPS) is 16.9. The van der Waals surface area contributed by atoms with Gasteiger partial charge in [-0.15, -0.1) is 11.3 Å². The first-order chi connectivity index (χ1) is 11.8. The van der Waals surface area contributed by atoms with Crippen molar-refractivity contribution in [1.82, 2.24) is 14.9 Å². The first kappa shape index (κ1) is 15.1. The Morgan fingerprint density at radius 1 is 1.29 bits per heavy atom. The van der Waals surface area contributed by atoms with Crippen LogP contribution >= 0.6 is 11.3 Å². The van der Waals surface area contributed by atoms with Crippen molar-refractivity contribution in [3.05, 3.63) is 75.5 Å². The number of nitrogens with zero attached hydrogens (tertiary/aromatic N) is 2. The molecule has 0 aliphatic carbocycles. The number of rotatable bonds is 3. The largest absolute Gasteiger partial charge is 0.347 e. The lowest BCUT2D eigenvalue weighted by molar-refractivity contribution is 0.0727. The second-order valence-corrected chi connectivity index (χ2v) is 7.20. The molecule has 1 amide bonds. The lowest BCUT2D eigenvalue weighted by Gasteiger charge is -2.32. The molecule has 3 aromatic rings. The standard InChI is InChI=1S/C19H19N3OS/c1-2-14-8-9-17(24-14)19(23)22-10-15(13-6-4-3-5-7-13)18-16(11-22)20-12-21-18/h3-9,12,15H,2,10-11H2,1H3,(H,20,21). The van der Waals surface area contributed by atoms with Crippen LogP contribution in [0.1, 0.15) is 44.3 Å². The zero-order chi connectivity index (χ0) is 16.5. The topological polar surface area (TPSA) is 49.0 Å². The Kier molecular flexibility index (Phi) is 3.94. The molecule has 24 heavy (non-hydrogen) atoms. The van der Waals surface area contributed by atoms with E-state index in [1.54, 1.807) is 17.7 Å². The highest BCUT2D eigenvalue weighted by Gasteiger charge is 2.32.